The van der Waals surface area contributed by atoms with E-state index in [1.807, 2.05) is 25.3 Å². The van der Waals surface area contributed by atoms with Crippen molar-refractivity contribution in [3.05, 3.63) is 88.9 Å². The molecule has 0 aliphatic heterocycles. The zero-order chi connectivity index (χ0) is 30.3. The van der Waals surface area contributed by atoms with Crippen molar-refractivity contribution >= 4 is 50.9 Å². The van der Waals surface area contributed by atoms with Crippen molar-refractivity contribution in [2.24, 2.45) is 0 Å². The van der Waals surface area contributed by atoms with Crippen molar-refractivity contribution in [3.8, 4) is 0 Å². The van der Waals surface area contributed by atoms with Gasteiger partial charge in [-0.05, 0) is 87.0 Å². The van der Waals surface area contributed by atoms with Gasteiger partial charge in [0.15, 0.2) is 0 Å². The Labute approximate surface area is 258 Å². The molecule has 42 heavy (non-hydrogen) atoms. The van der Waals surface area contributed by atoms with E-state index in [2.05, 4.69) is 5.32 Å². The first kappa shape index (κ1) is 31.9. The molecule has 1 atom stereocenters. The number of carbonyl (C=O) groups excluding carboxylic acids is 2. The van der Waals surface area contributed by atoms with E-state index in [1.165, 1.54) is 16.7 Å². The number of sulfonamides is 1. The van der Waals surface area contributed by atoms with Gasteiger partial charge in [-0.1, -0.05) is 60.7 Å². The minimum absolute atomic E-state index is 0.0786. The van der Waals surface area contributed by atoms with Crippen molar-refractivity contribution in [1.29, 1.82) is 0 Å². The van der Waals surface area contributed by atoms with Crippen molar-refractivity contribution in [2.75, 3.05) is 17.1 Å². The molecule has 7 nitrogen and oxygen atoms in total. The Morgan fingerprint density at radius 1 is 0.952 bits per heavy atom. The second kappa shape index (κ2) is 14.4. The molecule has 1 saturated carbocycles. The highest BCUT2D eigenvalue weighted by Gasteiger charge is 2.33. The molecule has 1 aliphatic rings. The van der Waals surface area contributed by atoms with E-state index in [9.17, 15) is 18.0 Å². The Balaban J connectivity index is 1.66. The van der Waals surface area contributed by atoms with Crippen molar-refractivity contribution in [1.82, 2.24) is 10.2 Å². The van der Waals surface area contributed by atoms with Crippen LogP contribution in [0.4, 0.5) is 5.69 Å². The van der Waals surface area contributed by atoms with Crippen molar-refractivity contribution in [3.63, 3.8) is 0 Å². The van der Waals surface area contributed by atoms with Crippen LogP contribution >= 0.6 is 23.4 Å². The fourth-order valence-corrected chi connectivity index (χ4v) is 7.00. The van der Waals surface area contributed by atoms with Crippen LogP contribution in [0.5, 0.6) is 0 Å². The number of amides is 2. The molecular formula is C32H38ClN3O4S2. The fourth-order valence-electron chi connectivity index (χ4n) is 5.05. The van der Waals surface area contributed by atoms with Gasteiger partial charge >= 0.3 is 0 Å². The van der Waals surface area contributed by atoms with E-state index < -0.39 is 28.5 Å². The van der Waals surface area contributed by atoms with E-state index in [4.69, 9.17) is 11.6 Å². The number of hydrogen-bond donors (Lipinski definition) is 1. The molecule has 1 unspecified atom stereocenters. The quantitative estimate of drug-likeness (QED) is 0.248. The normalized spacial score (nSPS) is 14.7. The summed E-state index contributed by atoms with van der Waals surface area (Å²) in [5, 5.41) is 3.68. The van der Waals surface area contributed by atoms with E-state index >= 15 is 0 Å². The summed E-state index contributed by atoms with van der Waals surface area (Å²) in [4.78, 5) is 30.0. The molecule has 0 bridgehead atoms. The maximum absolute atomic E-state index is 14.1. The Morgan fingerprint density at radius 2 is 1.57 bits per heavy atom. The van der Waals surface area contributed by atoms with Crippen LogP contribution in [0.15, 0.2) is 82.6 Å². The molecule has 224 valence electrons. The third-order valence-electron chi connectivity index (χ3n) is 7.63. The predicted octanol–water partition coefficient (Wildman–Crippen LogP) is 6.43. The first-order valence-electron chi connectivity index (χ1n) is 14.2. The van der Waals surface area contributed by atoms with Gasteiger partial charge < -0.3 is 10.2 Å². The SMILES string of the molecule is CSc1ccc(S(=O)(=O)N(CC(=O)N(Cc2ccc(Cl)cc2)C(C)C(=O)NC2CCCCC2)c2ccc(C)cc2)cc1. The number of anilines is 1. The van der Waals surface area contributed by atoms with Gasteiger partial charge in [0.25, 0.3) is 10.0 Å². The minimum atomic E-state index is -4.11. The molecule has 10 heteroatoms. The van der Waals surface area contributed by atoms with Crippen molar-refractivity contribution < 1.29 is 18.0 Å². The molecule has 1 aliphatic carbocycles. The summed E-state index contributed by atoms with van der Waals surface area (Å²) in [5.74, 6) is -0.734. The smallest absolute Gasteiger partial charge is 0.264 e. The average molecular weight is 628 g/mol. The summed E-state index contributed by atoms with van der Waals surface area (Å²) in [6, 6.07) is 19.9. The molecular weight excluding hydrogens is 590 g/mol. The largest absolute Gasteiger partial charge is 0.352 e. The zero-order valence-electron chi connectivity index (χ0n) is 24.3. The third kappa shape index (κ3) is 8.08. The van der Waals surface area contributed by atoms with Gasteiger partial charge in [-0.2, -0.15) is 0 Å². The van der Waals surface area contributed by atoms with E-state index in [1.54, 1.807) is 67.6 Å². The van der Waals surface area contributed by atoms with E-state index in [0.29, 0.717) is 10.7 Å². The van der Waals surface area contributed by atoms with Gasteiger partial charge in [0.1, 0.15) is 12.6 Å². The first-order chi connectivity index (χ1) is 20.1. The number of benzene rings is 3. The monoisotopic (exact) mass is 627 g/mol. The van der Waals surface area contributed by atoms with Crippen LogP contribution < -0.4 is 9.62 Å². The summed E-state index contributed by atoms with van der Waals surface area (Å²) < 4.78 is 29.1. The fraction of sp³-hybridized carbons (Fsp3) is 0.375. The number of thioether (sulfide) groups is 1. The lowest BCUT2D eigenvalue weighted by molar-refractivity contribution is -0.139. The van der Waals surface area contributed by atoms with Crippen LogP contribution in [0.3, 0.4) is 0 Å². The number of hydrogen-bond acceptors (Lipinski definition) is 5. The average Bonchev–Trinajstić information content (AvgIpc) is 3.00. The van der Waals surface area contributed by atoms with Gasteiger partial charge in [0, 0.05) is 22.5 Å². The van der Waals surface area contributed by atoms with Gasteiger partial charge in [-0.25, -0.2) is 8.42 Å². The lowest BCUT2D eigenvalue weighted by Gasteiger charge is -2.33. The van der Waals surface area contributed by atoms with Crippen LogP contribution in [0.2, 0.25) is 5.02 Å². The Bertz CT molecular complexity index is 1460. The maximum atomic E-state index is 14.1. The lowest BCUT2D eigenvalue weighted by atomic mass is 9.95. The molecule has 0 saturated heterocycles. The molecule has 4 rings (SSSR count). The predicted molar refractivity (Wildman–Crippen MR) is 170 cm³/mol. The van der Waals surface area contributed by atoms with Gasteiger partial charge in [-0.15, -0.1) is 11.8 Å². The van der Waals surface area contributed by atoms with Crippen LogP contribution in [0.25, 0.3) is 0 Å². The summed E-state index contributed by atoms with van der Waals surface area (Å²) >= 11 is 7.60. The molecule has 3 aromatic rings. The Morgan fingerprint density at radius 3 is 2.17 bits per heavy atom. The minimum Gasteiger partial charge on any atom is -0.352 e. The number of rotatable bonds is 11. The summed E-state index contributed by atoms with van der Waals surface area (Å²) in [7, 11) is -4.11. The lowest BCUT2D eigenvalue weighted by Crippen LogP contribution is -2.53. The van der Waals surface area contributed by atoms with Gasteiger partial charge in [0.2, 0.25) is 11.8 Å². The molecule has 1 N–H and O–H groups in total. The topological polar surface area (TPSA) is 86.8 Å². The molecule has 1 fully saturated rings. The molecule has 2 amide bonds. The van der Waals surface area contributed by atoms with Crippen LogP contribution in [0, 0.1) is 6.92 Å². The number of nitrogens with zero attached hydrogens (tertiary/aromatic N) is 2. The van der Waals surface area contributed by atoms with Gasteiger partial charge in [0.05, 0.1) is 10.6 Å². The van der Waals surface area contributed by atoms with Crippen molar-refractivity contribution in [2.45, 2.75) is 74.4 Å². The number of aryl methyl sites for hydroxylation is 1. The highest BCUT2D eigenvalue weighted by molar-refractivity contribution is 7.98. The van der Waals surface area contributed by atoms with Gasteiger partial charge in [-0.3, -0.25) is 13.9 Å². The summed E-state index contributed by atoms with van der Waals surface area (Å²) in [6.45, 7) is 3.26. The summed E-state index contributed by atoms with van der Waals surface area (Å²) in [5.41, 5.74) is 2.11. The van der Waals surface area contributed by atoms with Crippen LogP contribution in [-0.4, -0.2) is 50.0 Å². The molecule has 0 heterocycles. The first-order valence-corrected chi connectivity index (χ1v) is 17.2. The molecule has 3 aromatic carbocycles. The highest BCUT2D eigenvalue weighted by atomic mass is 35.5. The zero-order valence-corrected chi connectivity index (χ0v) is 26.6. The van der Waals surface area contributed by atoms with E-state index in [-0.39, 0.29) is 23.4 Å². The number of halogens is 1. The third-order valence-corrected chi connectivity index (χ3v) is 10.4. The highest BCUT2D eigenvalue weighted by Crippen LogP contribution is 2.27. The maximum Gasteiger partial charge on any atom is 0.264 e. The van der Waals surface area contributed by atoms with E-state index in [0.717, 1.165) is 52.4 Å². The molecule has 0 radical (unpaired) electrons. The second-order valence-electron chi connectivity index (χ2n) is 10.7. The second-order valence-corrected chi connectivity index (χ2v) is 13.9. The summed E-state index contributed by atoms with van der Waals surface area (Å²) in [6.07, 6.45) is 7.03. The standard InChI is InChI=1S/C32H38ClN3O4S2/c1-23-9-15-28(16-10-23)36(42(39,40)30-19-17-29(41-3)18-20-30)22-31(37)35(21-25-11-13-26(33)14-12-25)24(2)32(38)34-27-7-5-4-6-8-27/h9-20,24,27H,4-8,21-22H2,1-3H3,(H,34,38). The van der Waals surface area contributed by atoms with Crippen LogP contribution in [0.1, 0.15) is 50.2 Å². The molecule has 0 aromatic heterocycles. The Kier molecular flexibility index (Phi) is 11.0. The molecule has 0 spiro atoms. The van der Waals surface area contributed by atoms with Crippen LogP contribution in [-0.2, 0) is 26.2 Å². The Hall–Kier alpha value is -3.01. The number of nitrogens with one attached hydrogen (secondary N) is 1. The number of carbonyl (C=O) groups is 2.